The molecule has 0 radical (unpaired) electrons. The monoisotopic (exact) mass is 396 g/mol. The van der Waals surface area contributed by atoms with Gasteiger partial charge in [-0.25, -0.2) is 4.39 Å². The molecule has 2 aromatic carbocycles. The molecular formula is C26H30F2O. The van der Waals surface area contributed by atoms with Crippen molar-refractivity contribution >= 4 is 6.08 Å². The fraction of sp³-hybridized carbons (Fsp3) is 0.385. The van der Waals surface area contributed by atoms with Gasteiger partial charge < -0.3 is 4.74 Å². The summed E-state index contributed by atoms with van der Waals surface area (Å²) in [5.41, 5.74) is 3.54. The molecule has 0 saturated heterocycles. The summed E-state index contributed by atoms with van der Waals surface area (Å²) in [6, 6.07) is 10.5. The molecule has 1 nitrogen and oxygen atoms in total. The molecular weight excluding hydrogens is 366 g/mol. The van der Waals surface area contributed by atoms with Crippen molar-refractivity contribution in [1.82, 2.24) is 0 Å². The first-order valence-electron chi connectivity index (χ1n) is 10.6. The molecule has 1 aliphatic carbocycles. The van der Waals surface area contributed by atoms with Gasteiger partial charge in [0.2, 0.25) is 5.82 Å². The third kappa shape index (κ3) is 5.56. The predicted octanol–water partition coefficient (Wildman–Crippen LogP) is 7.96. The Labute approximate surface area is 173 Å². The Hall–Kier alpha value is -2.42. The van der Waals surface area contributed by atoms with E-state index in [1.54, 1.807) is 11.6 Å². The molecule has 0 aliphatic heterocycles. The van der Waals surface area contributed by atoms with E-state index in [0.29, 0.717) is 5.56 Å². The van der Waals surface area contributed by atoms with Crippen LogP contribution in [0.1, 0.15) is 57.4 Å². The van der Waals surface area contributed by atoms with Gasteiger partial charge in [-0.1, -0.05) is 67.8 Å². The predicted molar refractivity (Wildman–Crippen MR) is 117 cm³/mol. The summed E-state index contributed by atoms with van der Waals surface area (Å²) in [5.74, 6) is -1.02. The number of hydrogen-bond donors (Lipinski definition) is 0. The van der Waals surface area contributed by atoms with Gasteiger partial charge in [-0.3, -0.25) is 0 Å². The van der Waals surface area contributed by atoms with Crippen LogP contribution in [-0.2, 0) is 0 Å². The molecule has 0 spiro atoms. The van der Waals surface area contributed by atoms with Crippen molar-refractivity contribution in [2.75, 3.05) is 7.11 Å². The van der Waals surface area contributed by atoms with Crippen molar-refractivity contribution < 1.29 is 13.5 Å². The smallest absolute Gasteiger partial charge is 0.201 e. The van der Waals surface area contributed by atoms with E-state index in [-0.39, 0.29) is 11.3 Å². The van der Waals surface area contributed by atoms with Gasteiger partial charge in [-0.2, -0.15) is 4.39 Å². The summed E-state index contributed by atoms with van der Waals surface area (Å²) in [4.78, 5) is 0. The van der Waals surface area contributed by atoms with Gasteiger partial charge in [0, 0.05) is 5.56 Å². The van der Waals surface area contributed by atoms with E-state index in [9.17, 15) is 8.78 Å². The molecule has 0 bridgehead atoms. The van der Waals surface area contributed by atoms with Crippen LogP contribution in [0.15, 0.2) is 54.1 Å². The molecule has 0 aromatic heterocycles. The maximum atomic E-state index is 14.3. The van der Waals surface area contributed by atoms with E-state index in [4.69, 9.17) is 4.74 Å². The quantitative estimate of drug-likeness (QED) is 0.411. The lowest BCUT2D eigenvalue weighted by Gasteiger charge is -2.21. The molecule has 0 fully saturated rings. The largest absolute Gasteiger partial charge is 0.494 e. The highest BCUT2D eigenvalue weighted by Crippen LogP contribution is 2.31. The lowest BCUT2D eigenvalue weighted by molar-refractivity contribution is 0.372. The molecule has 0 amide bonds. The number of hydrogen-bond acceptors (Lipinski definition) is 1. The highest BCUT2D eigenvalue weighted by molar-refractivity contribution is 5.67. The topological polar surface area (TPSA) is 9.23 Å². The summed E-state index contributed by atoms with van der Waals surface area (Å²) in [6.07, 6.45) is 15.4. The van der Waals surface area contributed by atoms with E-state index in [2.05, 4.69) is 25.2 Å². The Kier molecular flexibility index (Phi) is 7.62. The third-order valence-corrected chi connectivity index (χ3v) is 5.74. The summed E-state index contributed by atoms with van der Waals surface area (Å²) >= 11 is 0. The second-order valence-electron chi connectivity index (χ2n) is 7.80. The Morgan fingerprint density at radius 2 is 1.86 bits per heavy atom. The van der Waals surface area contributed by atoms with Crippen LogP contribution in [0.4, 0.5) is 8.78 Å². The van der Waals surface area contributed by atoms with Crippen LogP contribution >= 0.6 is 0 Å². The van der Waals surface area contributed by atoms with Crippen LogP contribution in [0, 0.1) is 17.6 Å². The molecule has 3 rings (SSSR count). The van der Waals surface area contributed by atoms with Crippen LogP contribution in [-0.4, -0.2) is 7.11 Å². The minimum atomic E-state index is -0.952. The van der Waals surface area contributed by atoms with Gasteiger partial charge in [0.15, 0.2) is 11.6 Å². The molecule has 2 aromatic rings. The van der Waals surface area contributed by atoms with Crippen LogP contribution in [0.25, 0.3) is 17.2 Å². The number of ether oxygens (including phenoxy) is 1. The van der Waals surface area contributed by atoms with E-state index >= 15 is 0 Å². The van der Waals surface area contributed by atoms with Gasteiger partial charge >= 0.3 is 0 Å². The molecule has 0 heterocycles. The second-order valence-corrected chi connectivity index (χ2v) is 7.80. The first-order chi connectivity index (χ1) is 14.1. The van der Waals surface area contributed by atoms with E-state index in [0.717, 1.165) is 24.3 Å². The number of rotatable bonds is 8. The van der Waals surface area contributed by atoms with Crippen molar-refractivity contribution in [1.29, 1.82) is 0 Å². The first-order valence-corrected chi connectivity index (χ1v) is 10.6. The zero-order valence-electron chi connectivity index (χ0n) is 17.4. The maximum absolute atomic E-state index is 14.3. The van der Waals surface area contributed by atoms with Gasteiger partial charge in [0.05, 0.1) is 7.11 Å². The summed E-state index contributed by atoms with van der Waals surface area (Å²) in [6.45, 7) is 2.27. The van der Waals surface area contributed by atoms with Gasteiger partial charge in [0.1, 0.15) is 0 Å². The average Bonchev–Trinajstić information content (AvgIpc) is 2.75. The Morgan fingerprint density at radius 1 is 1.07 bits per heavy atom. The SMILES string of the molecule is CCCC1CC=C(CC/C=C/c2ccc(-c3ccc(OC)c(F)c3F)cc2)CC1. The van der Waals surface area contributed by atoms with Crippen LogP contribution in [0.3, 0.4) is 0 Å². The molecule has 0 saturated carbocycles. The van der Waals surface area contributed by atoms with Crippen LogP contribution in [0.2, 0.25) is 0 Å². The highest BCUT2D eigenvalue weighted by Gasteiger charge is 2.15. The zero-order chi connectivity index (χ0) is 20.6. The van der Waals surface area contributed by atoms with Crippen molar-refractivity contribution in [3.63, 3.8) is 0 Å². The normalized spacial score (nSPS) is 16.8. The third-order valence-electron chi connectivity index (χ3n) is 5.74. The number of benzene rings is 2. The molecule has 3 heteroatoms. The number of allylic oxidation sites excluding steroid dienone is 3. The molecule has 1 atom stereocenters. The molecule has 154 valence electrons. The van der Waals surface area contributed by atoms with E-state index < -0.39 is 11.6 Å². The van der Waals surface area contributed by atoms with E-state index in [1.807, 2.05) is 24.3 Å². The maximum Gasteiger partial charge on any atom is 0.201 e. The summed E-state index contributed by atoms with van der Waals surface area (Å²) in [7, 11) is 1.33. The minimum absolute atomic E-state index is 0.0835. The van der Waals surface area contributed by atoms with Gasteiger partial charge in [0.25, 0.3) is 0 Å². The Bertz CT molecular complexity index is 865. The molecule has 0 N–H and O–H groups in total. The average molecular weight is 397 g/mol. The van der Waals surface area contributed by atoms with E-state index in [1.165, 1.54) is 45.3 Å². The first kappa shape index (κ1) is 21.3. The fourth-order valence-electron chi connectivity index (χ4n) is 4.01. The molecule has 1 unspecified atom stereocenters. The van der Waals surface area contributed by atoms with Crippen LogP contribution < -0.4 is 4.74 Å². The highest BCUT2D eigenvalue weighted by atomic mass is 19.2. The molecule has 1 aliphatic rings. The number of halogens is 2. The van der Waals surface area contributed by atoms with Gasteiger partial charge in [-0.05, 0) is 61.3 Å². The van der Waals surface area contributed by atoms with Crippen molar-refractivity contribution in [2.24, 2.45) is 5.92 Å². The lowest BCUT2D eigenvalue weighted by atomic mass is 9.85. The summed E-state index contributed by atoms with van der Waals surface area (Å²) < 4.78 is 33.0. The minimum Gasteiger partial charge on any atom is -0.494 e. The lowest BCUT2D eigenvalue weighted by Crippen LogP contribution is -2.05. The fourth-order valence-corrected chi connectivity index (χ4v) is 4.01. The molecule has 29 heavy (non-hydrogen) atoms. The number of methoxy groups -OCH3 is 1. The van der Waals surface area contributed by atoms with Gasteiger partial charge in [-0.15, -0.1) is 0 Å². The van der Waals surface area contributed by atoms with Crippen molar-refractivity contribution in [3.05, 3.63) is 71.3 Å². The summed E-state index contributed by atoms with van der Waals surface area (Å²) in [5, 5.41) is 0. The second kappa shape index (κ2) is 10.4. The Morgan fingerprint density at radius 3 is 2.52 bits per heavy atom. The Balaban J connectivity index is 1.55. The van der Waals surface area contributed by atoms with Crippen molar-refractivity contribution in [3.8, 4) is 16.9 Å². The zero-order valence-corrected chi connectivity index (χ0v) is 17.4. The standard InChI is InChI=1S/C26H30F2O/c1-3-6-19-9-11-20(12-10-19)7-4-5-8-21-13-15-22(16-14-21)23-17-18-24(29-2)26(28)25(23)27/h5,8,11,13-19H,3-4,6-7,9-10,12H2,1-2H3/b8-5+. The van der Waals surface area contributed by atoms with Crippen molar-refractivity contribution in [2.45, 2.75) is 51.9 Å². The van der Waals surface area contributed by atoms with Crippen LogP contribution in [0.5, 0.6) is 5.75 Å².